The third-order valence-electron chi connectivity index (χ3n) is 0.593. The van der Waals surface area contributed by atoms with Gasteiger partial charge in [0.1, 0.15) is 0 Å². The van der Waals surface area contributed by atoms with E-state index >= 15 is 0 Å². The molecule has 0 aromatic heterocycles. The normalized spacial score (nSPS) is 12.0. The predicted octanol–water partition coefficient (Wildman–Crippen LogP) is 0.412. The van der Waals surface area contributed by atoms with Crippen LogP contribution in [-0.2, 0) is 4.57 Å². The summed E-state index contributed by atoms with van der Waals surface area (Å²) in [6.45, 7) is 3.34. The highest BCUT2D eigenvalue weighted by Gasteiger charge is 2.19. The molecule has 0 heterocycles. The van der Waals surface area contributed by atoms with Gasteiger partial charge in [0.05, 0.1) is 0 Å². The highest BCUT2D eigenvalue weighted by Crippen LogP contribution is 2.40. The van der Waals surface area contributed by atoms with Crippen molar-refractivity contribution in [2.24, 2.45) is 0 Å². The van der Waals surface area contributed by atoms with Crippen molar-refractivity contribution in [2.45, 2.75) is 0 Å². The lowest BCUT2D eigenvalue weighted by Gasteiger charge is -2.12. The fraction of sp³-hybridized carbons (Fsp3) is 0.333. The average Bonchev–Trinajstić information content (AvgIpc) is 1.64. The van der Waals surface area contributed by atoms with E-state index in [2.05, 4.69) is 19.4 Å². The first-order valence-electron chi connectivity index (χ1n) is 2.12. The Morgan fingerprint density at radius 2 is 2.22 bits per heavy atom. The maximum Gasteiger partial charge on any atom is 0.412 e. The van der Waals surface area contributed by atoms with Crippen LogP contribution in [0.15, 0.2) is 12.7 Å². The molecule has 4 nitrogen and oxygen atoms in total. The fourth-order valence-corrected chi connectivity index (χ4v) is 0.665. The van der Waals surface area contributed by atoms with Crippen LogP contribution in [0.3, 0.4) is 0 Å². The summed E-state index contributed by atoms with van der Waals surface area (Å²) >= 11 is 3.49. The van der Waals surface area contributed by atoms with Crippen molar-refractivity contribution >= 4 is 20.6 Å². The third kappa shape index (κ3) is 3.72. The summed E-state index contributed by atoms with van der Waals surface area (Å²) in [7, 11) is -4.15. The highest BCUT2D eigenvalue weighted by molar-refractivity contribution is 7.84. The van der Waals surface area contributed by atoms with Crippen LogP contribution in [0.5, 0.6) is 0 Å². The molecule has 0 radical (unpaired) electrons. The van der Waals surface area contributed by atoms with E-state index in [1.165, 1.54) is 6.08 Å². The molecule has 0 aromatic carbocycles. The minimum absolute atomic E-state index is 0.0629. The zero-order valence-corrected chi connectivity index (χ0v) is 6.42. The molecule has 0 spiro atoms. The summed E-state index contributed by atoms with van der Waals surface area (Å²) in [5, 5.41) is 0. The first kappa shape index (κ1) is 9.20. The summed E-state index contributed by atoms with van der Waals surface area (Å²) in [5.74, 6) is 0. The van der Waals surface area contributed by atoms with E-state index in [1.54, 1.807) is 0 Å². The molecule has 0 aromatic rings. The van der Waals surface area contributed by atoms with Crippen LogP contribution < -0.4 is 0 Å². The predicted molar refractivity (Wildman–Crippen MR) is 37.9 cm³/mol. The van der Waals surface area contributed by atoms with Crippen molar-refractivity contribution in [1.82, 2.24) is 4.08 Å². The van der Waals surface area contributed by atoms with Gasteiger partial charge in [0.25, 0.3) is 0 Å². The molecule has 0 bridgehead atoms. The van der Waals surface area contributed by atoms with Crippen molar-refractivity contribution in [2.75, 3.05) is 6.54 Å². The average molecular weight is 169 g/mol. The summed E-state index contributed by atoms with van der Waals surface area (Å²) < 4.78 is 10.8. The van der Waals surface area contributed by atoms with E-state index in [4.69, 9.17) is 9.79 Å². The topological polar surface area (TPSA) is 60.8 Å². The summed E-state index contributed by atoms with van der Waals surface area (Å²) in [4.78, 5) is 16.7. The van der Waals surface area contributed by atoms with Crippen LogP contribution in [-0.4, -0.2) is 20.4 Å². The van der Waals surface area contributed by atoms with Crippen molar-refractivity contribution < 1.29 is 14.4 Å². The standard InChI is InChI=1S/C3H8NO3PS/c1-2-3-4(9)8(5,6)7/h2,9H,1,3H2,(H2,5,6,7). The second-order valence-corrected chi connectivity index (χ2v) is 3.66. The molecule has 0 unspecified atom stereocenters. The summed E-state index contributed by atoms with van der Waals surface area (Å²) in [5.41, 5.74) is 0. The van der Waals surface area contributed by atoms with Gasteiger partial charge in [0.15, 0.2) is 0 Å². The van der Waals surface area contributed by atoms with Crippen molar-refractivity contribution in [3.8, 4) is 0 Å². The Morgan fingerprint density at radius 3 is 2.33 bits per heavy atom. The molecule has 6 heteroatoms. The number of thiol groups is 1. The Hall–Kier alpha value is 0.200. The van der Waals surface area contributed by atoms with Gasteiger partial charge in [-0.2, -0.15) is 4.08 Å². The Kier molecular flexibility index (Phi) is 3.46. The number of nitrogens with zero attached hydrogens (tertiary/aromatic N) is 1. The second kappa shape index (κ2) is 3.39. The molecule has 0 fully saturated rings. The van der Waals surface area contributed by atoms with E-state index in [0.717, 1.165) is 0 Å². The number of hydrogen-bond acceptors (Lipinski definition) is 2. The van der Waals surface area contributed by atoms with Gasteiger partial charge in [-0.15, -0.1) is 6.58 Å². The van der Waals surface area contributed by atoms with Gasteiger partial charge in [-0.1, -0.05) is 18.9 Å². The minimum Gasteiger partial charge on any atom is -0.312 e. The summed E-state index contributed by atoms with van der Waals surface area (Å²) in [6.07, 6.45) is 1.35. The van der Waals surface area contributed by atoms with Crippen LogP contribution in [0.2, 0.25) is 0 Å². The molecular weight excluding hydrogens is 161 g/mol. The molecule has 0 saturated heterocycles. The Bertz CT molecular complexity index is 144. The van der Waals surface area contributed by atoms with Crippen LogP contribution >= 0.6 is 20.6 Å². The molecule has 2 N–H and O–H groups in total. The van der Waals surface area contributed by atoms with Gasteiger partial charge >= 0.3 is 7.75 Å². The maximum absolute atomic E-state index is 10.2. The van der Waals surface area contributed by atoms with Crippen molar-refractivity contribution in [3.63, 3.8) is 0 Å². The molecule has 0 rings (SSSR count). The monoisotopic (exact) mass is 169 g/mol. The number of rotatable bonds is 3. The molecule has 0 amide bonds. The Balaban J connectivity index is 3.88. The largest absolute Gasteiger partial charge is 0.412 e. The van der Waals surface area contributed by atoms with E-state index in [-0.39, 0.29) is 6.54 Å². The number of hydrogen-bond donors (Lipinski definition) is 3. The van der Waals surface area contributed by atoms with E-state index in [9.17, 15) is 4.57 Å². The molecule has 0 atom stereocenters. The van der Waals surface area contributed by atoms with Gasteiger partial charge in [-0.25, -0.2) is 4.57 Å². The van der Waals surface area contributed by atoms with Crippen LogP contribution in [0.4, 0.5) is 0 Å². The van der Waals surface area contributed by atoms with E-state index in [1.807, 2.05) is 0 Å². The zero-order chi connectivity index (χ0) is 7.49. The molecule has 0 aliphatic heterocycles. The van der Waals surface area contributed by atoms with Crippen LogP contribution in [0.1, 0.15) is 0 Å². The van der Waals surface area contributed by atoms with Gasteiger partial charge in [0, 0.05) is 6.54 Å². The van der Waals surface area contributed by atoms with E-state index < -0.39 is 7.75 Å². The molecule has 0 aliphatic rings. The van der Waals surface area contributed by atoms with Gasteiger partial charge in [-0.3, -0.25) is 0 Å². The molecule has 54 valence electrons. The zero-order valence-electron chi connectivity index (χ0n) is 4.64. The molecule has 9 heavy (non-hydrogen) atoms. The van der Waals surface area contributed by atoms with Crippen LogP contribution in [0.25, 0.3) is 0 Å². The van der Waals surface area contributed by atoms with Gasteiger partial charge in [-0.05, 0) is 0 Å². The van der Waals surface area contributed by atoms with Crippen LogP contribution in [0, 0.1) is 0 Å². The Labute approximate surface area is 58.9 Å². The SMILES string of the molecule is C=CCN(S)P(=O)(O)O. The quantitative estimate of drug-likeness (QED) is 0.325. The lowest BCUT2D eigenvalue weighted by molar-refractivity contribution is 0.333. The van der Waals surface area contributed by atoms with E-state index in [0.29, 0.717) is 4.08 Å². The first-order chi connectivity index (χ1) is 3.98. The fourth-order valence-electron chi connectivity index (χ4n) is 0.222. The molecule has 0 aliphatic carbocycles. The molecule has 0 saturated carbocycles. The van der Waals surface area contributed by atoms with Crippen molar-refractivity contribution in [3.05, 3.63) is 12.7 Å². The lowest BCUT2D eigenvalue weighted by Crippen LogP contribution is -2.07. The maximum atomic E-state index is 10.2. The van der Waals surface area contributed by atoms with Gasteiger partial charge in [0.2, 0.25) is 0 Å². The van der Waals surface area contributed by atoms with Gasteiger partial charge < -0.3 is 9.79 Å². The smallest absolute Gasteiger partial charge is 0.312 e. The minimum atomic E-state index is -4.15. The van der Waals surface area contributed by atoms with Crippen molar-refractivity contribution in [1.29, 1.82) is 0 Å². The first-order valence-corrected chi connectivity index (χ1v) is 4.08. The highest BCUT2D eigenvalue weighted by atomic mass is 32.1. The second-order valence-electron chi connectivity index (χ2n) is 1.36. The Morgan fingerprint density at radius 1 is 1.78 bits per heavy atom. The third-order valence-corrected chi connectivity index (χ3v) is 2.22. The molecular formula is C3H8NO3PS. The lowest BCUT2D eigenvalue weighted by atomic mass is 10.7. The summed E-state index contributed by atoms with van der Waals surface area (Å²) in [6, 6.07) is 0.